The van der Waals surface area contributed by atoms with Crippen LogP contribution in [0.4, 0.5) is 5.69 Å². The standard InChI is InChI=1S/C21H30N4O4/c1-5-22-21(25-17-9-10-18(28-6-2)19(14-17)27-4)24-15-16-8-7-11-23-20(16)29-13-12-26-3/h7-11,14H,5-6,12-13,15H2,1-4H3,(H2,22,24,25). The van der Waals surface area contributed by atoms with Crippen molar-refractivity contribution in [2.45, 2.75) is 20.4 Å². The van der Waals surface area contributed by atoms with Crippen molar-refractivity contribution in [1.82, 2.24) is 10.3 Å². The van der Waals surface area contributed by atoms with E-state index in [4.69, 9.17) is 18.9 Å². The fourth-order valence-corrected chi connectivity index (χ4v) is 2.52. The van der Waals surface area contributed by atoms with Gasteiger partial charge in [0.05, 0.1) is 26.9 Å². The molecule has 2 rings (SSSR count). The van der Waals surface area contributed by atoms with Gasteiger partial charge in [-0.05, 0) is 32.0 Å². The number of pyridine rings is 1. The molecular weight excluding hydrogens is 372 g/mol. The summed E-state index contributed by atoms with van der Waals surface area (Å²) in [5.74, 6) is 2.57. The number of hydrogen-bond acceptors (Lipinski definition) is 6. The first-order valence-corrected chi connectivity index (χ1v) is 9.63. The minimum atomic E-state index is 0.416. The number of nitrogens with zero attached hydrogens (tertiary/aromatic N) is 2. The van der Waals surface area contributed by atoms with E-state index >= 15 is 0 Å². The number of rotatable bonds is 11. The van der Waals surface area contributed by atoms with Crippen LogP contribution in [0.15, 0.2) is 41.5 Å². The fourth-order valence-electron chi connectivity index (χ4n) is 2.52. The van der Waals surface area contributed by atoms with Gasteiger partial charge in [0.1, 0.15) is 6.61 Å². The maximum Gasteiger partial charge on any atom is 0.218 e. The number of benzene rings is 1. The maximum absolute atomic E-state index is 5.68. The molecule has 2 aromatic rings. The number of aliphatic imine (C=N–C) groups is 1. The van der Waals surface area contributed by atoms with E-state index in [0.29, 0.717) is 49.7 Å². The van der Waals surface area contributed by atoms with Crippen LogP contribution in [0, 0.1) is 0 Å². The van der Waals surface area contributed by atoms with E-state index in [1.165, 1.54) is 0 Å². The molecule has 0 fully saturated rings. The van der Waals surface area contributed by atoms with Crippen molar-refractivity contribution in [3.8, 4) is 17.4 Å². The molecule has 0 aliphatic carbocycles. The number of hydrogen-bond donors (Lipinski definition) is 2. The van der Waals surface area contributed by atoms with E-state index in [1.807, 2.05) is 44.2 Å². The number of ether oxygens (including phenoxy) is 4. The third-order valence-corrected chi connectivity index (χ3v) is 3.85. The number of methoxy groups -OCH3 is 2. The van der Waals surface area contributed by atoms with Crippen LogP contribution in [-0.2, 0) is 11.3 Å². The molecule has 0 bridgehead atoms. The Balaban J connectivity index is 2.13. The Hall–Kier alpha value is -3.00. The van der Waals surface area contributed by atoms with Crippen LogP contribution >= 0.6 is 0 Å². The Kier molecular flexibility index (Phi) is 9.57. The first-order valence-electron chi connectivity index (χ1n) is 9.63. The first-order chi connectivity index (χ1) is 14.2. The lowest BCUT2D eigenvalue weighted by atomic mass is 10.2. The van der Waals surface area contributed by atoms with Crippen molar-refractivity contribution in [1.29, 1.82) is 0 Å². The Morgan fingerprint density at radius 1 is 1.07 bits per heavy atom. The van der Waals surface area contributed by atoms with Crippen LogP contribution in [0.5, 0.6) is 17.4 Å². The molecule has 158 valence electrons. The second-order valence-corrected chi connectivity index (χ2v) is 5.93. The third kappa shape index (κ3) is 7.15. The molecule has 0 radical (unpaired) electrons. The highest BCUT2D eigenvalue weighted by atomic mass is 16.5. The Bertz CT molecular complexity index is 783. The first kappa shape index (κ1) is 22.3. The third-order valence-electron chi connectivity index (χ3n) is 3.85. The predicted molar refractivity (Wildman–Crippen MR) is 114 cm³/mol. The van der Waals surface area contributed by atoms with Crippen molar-refractivity contribution in [3.05, 3.63) is 42.1 Å². The minimum absolute atomic E-state index is 0.416. The second-order valence-electron chi connectivity index (χ2n) is 5.93. The zero-order valence-electron chi connectivity index (χ0n) is 17.5. The van der Waals surface area contributed by atoms with Gasteiger partial charge in [0.25, 0.3) is 0 Å². The van der Waals surface area contributed by atoms with Crippen molar-refractivity contribution in [3.63, 3.8) is 0 Å². The van der Waals surface area contributed by atoms with Crippen molar-refractivity contribution < 1.29 is 18.9 Å². The second kappa shape index (κ2) is 12.5. The van der Waals surface area contributed by atoms with Crippen LogP contribution in [0.2, 0.25) is 0 Å². The highest BCUT2D eigenvalue weighted by molar-refractivity contribution is 5.93. The molecule has 0 unspecified atom stereocenters. The smallest absolute Gasteiger partial charge is 0.218 e. The van der Waals surface area contributed by atoms with Crippen LogP contribution < -0.4 is 24.8 Å². The maximum atomic E-state index is 5.68. The molecule has 1 heterocycles. The molecule has 8 nitrogen and oxygen atoms in total. The van der Waals surface area contributed by atoms with Gasteiger partial charge in [-0.25, -0.2) is 9.98 Å². The monoisotopic (exact) mass is 402 g/mol. The van der Waals surface area contributed by atoms with Crippen molar-refractivity contribution in [2.24, 2.45) is 4.99 Å². The summed E-state index contributed by atoms with van der Waals surface area (Å²) in [7, 11) is 3.26. The van der Waals surface area contributed by atoms with Crippen LogP contribution in [-0.4, -0.2) is 51.5 Å². The van der Waals surface area contributed by atoms with Crippen molar-refractivity contribution >= 4 is 11.6 Å². The lowest BCUT2D eigenvalue weighted by molar-refractivity contribution is 0.143. The van der Waals surface area contributed by atoms with E-state index in [-0.39, 0.29) is 0 Å². The zero-order valence-corrected chi connectivity index (χ0v) is 17.5. The molecule has 1 aromatic heterocycles. The van der Waals surface area contributed by atoms with Gasteiger partial charge in [-0.15, -0.1) is 0 Å². The highest BCUT2D eigenvalue weighted by Gasteiger charge is 2.08. The van der Waals surface area contributed by atoms with E-state index < -0.39 is 0 Å². The summed E-state index contributed by atoms with van der Waals surface area (Å²) in [5, 5.41) is 6.52. The van der Waals surface area contributed by atoms with Gasteiger partial charge in [-0.2, -0.15) is 0 Å². The van der Waals surface area contributed by atoms with Crippen LogP contribution in [0.3, 0.4) is 0 Å². The number of nitrogens with one attached hydrogen (secondary N) is 2. The summed E-state index contributed by atoms with van der Waals surface area (Å²) in [6, 6.07) is 9.48. The normalized spacial score (nSPS) is 11.1. The van der Waals surface area contributed by atoms with Gasteiger partial charge >= 0.3 is 0 Å². The molecule has 0 amide bonds. The molecule has 29 heavy (non-hydrogen) atoms. The molecule has 0 spiro atoms. The average Bonchev–Trinajstić information content (AvgIpc) is 2.74. The van der Waals surface area contributed by atoms with Crippen molar-refractivity contribution in [2.75, 3.05) is 45.9 Å². The summed E-state index contributed by atoms with van der Waals surface area (Å²) in [5.41, 5.74) is 1.73. The summed E-state index contributed by atoms with van der Waals surface area (Å²) in [6.45, 7) is 6.61. The fraction of sp³-hybridized carbons (Fsp3) is 0.429. The van der Waals surface area contributed by atoms with Gasteiger partial charge in [0, 0.05) is 37.2 Å². The number of aromatic nitrogens is 1. The van der Waals surface area contributed by atoms with Gasteiger partial charge in [-0.3, -0.25) is 0 Å². The number of guanidine groups is 1. The summed E-state index contributed by atoms with van der Waals surface area (Å²) in [4.78, 5) is 8.94. The van der Waals surface area contributed by atoms with Crippen LogP contribution in [0.25, 0.3) is 0 Å². The van der Waals surface area contributed by atoms with E-state index in [1.54, 1.807) is 20.4 Å². The van der Waals surface area contributed by atoms with Gasteiger partial charge < -0.3 is 29.6 Å². The molecule has 1 aromatic carbocycles. The van der Waals surface area contributed by atoms with E-state index in [9.17, 15) is 0 Å². The molecule has 8 heteroatoms. The highest BCUT2D eigenvalue weighted by Crippen LogP contribution is 2.30. The summed E-state index contributed by atoms with van der Waals surface area (Å²) in [6.07, 6.45) is 1.70. The summed E-state index contributed by atoms with van der Waals surface area (Å²) >= 11 is 0. The Labute approximate surface area is 172 Å². The molecular formula is C21H30N4O4. The minimum Gasteiger partial charge on any atom is -0.493 e. The van der Waals surface area contributed by atoms with Gasteiger partial charge in [-0.1, -0.05) is 6.07 Å². The van der Waals surface area contributed by atoms with Gasteiger partial charge in [0.15, 0.2) is 17.5 Å². The molecule has 0 saturated heterocycles. The SMILES string of the molecule is CCNC(=NCc1cccnc1OCCOC)Nc1ccc(OCC)c(OC)c1. The molecule has 2 N–H and O–H groups in total. The topological polar surface area (TPSA) is 86.2 Å². The zero-order chi connectivity index (χ0) is 20.9. The molecule has 0 saturated carbocycles. The van der Waals surface area contributed by atoms with E-state index in [2.05, 4.69) is 20.6 Å². The Morgan fingerprint density at radius 2 is 1.93 bits per heavy atom. The molecule has 0 atom stereocenters. The average molecular weight is 402 g/mol. The largest absolute Gasteiger partial charge is 0.493 e. The van der Waals surface area contributed by atoms with Gasteiger partial charge in [0.2, 0.25) is 5.88 Å². The van der Waals surface area contributed by atoms with Crippen LogP contribution in [0.1, 0.15) is 19.4 Å². The lowest BCUT2D eigenvalue weighted by Crippen LogP contribution is -2.30. The molecule has 0 aliphatic rings. The lowest BCUT2D eigenvalue weighted by Gasteiger charge is -2.15. The predicted octanol–water partition coefficient (Wildman–Crippen LogP) is 3.09. The quantitative estimate of drug-likeness (QED) is 0.339. The summed E-state index contributed by atoms with van der Waals surface area (Å²) < 4.78 is 21.7. The molecule has 0 aliphatic heterocycles. The number of anilines is 1. The Morgan fingerprint density at radius 3 is 2.66 bits per heavy atom. The van der Waals surface area contributed by atoms with E-state index in [0.717, 1.165) is 17.8 Å².